The lowest BCUT2D eigenvalue weighted by Gasteiger charge is -2.43. The fourth-order valence-corrected chi connectivity index (χ4v) is 7.86. The maximum Gasteiger partial charge on any atom is 0.316 e. The Bertz CT molecular complexity index is 1440. The molecule has 2 heterocycles. The van der Waals surface area contributed by atoms with E-state index in [4.69, 9.17) is 14.2 Å². The SMILES string of the molecule is COc1ccc(S(=O)(=O)N(C[C@@H](O)[C@H](Cc2ccccc2)N(C(=O)[O-])[C@H]2CO[C@H]3OCC[C@H]32)CC(C)(C)CCNC(=O)N(C)C)cc1. The third-order valence-corrected chi connectivity index (χ3v) is 10.7. The smallest absolute Gasteiger partial charge is 0.316 e. The van der Waals surface area contributed by atoms with Crippen LogP contribution in [0, 0.1) is 11.3 Å². The second kappa shape index (κ2) is 15.6. The third kappa shape index (κ3) is 9.14. The Morgan fingerprint density at radius 3 is 2.40 bits per heavy atom. The van der Waals surface area contributed by atoms with E-state index in [0.717, 1.165) is 10.5 Å². The summed E-state index contributed by atoms with van der Waals surface area (Å²) >= 11 is 0. The van der Waals surface area contributed by atoms with Crippen LogP contribution in [0.1, 0.15) is 32.3 Å². The van der Waals surface area contributed by atoms with E-state index < -0.39 is 52.6 Å². The maximum absolute atomic E-state index is 14.2. The number of carboxylic acid groups (broad SMARTS) is 1. The Morgan fingerprint density at radius 2 is 1.79 bits per heavy atom. The molecule has 5 atom stereocenters. The lowest BCUT2D eigenvalue weighted by atomic mass is 9.89. The van der Waals surface area contributed by atoms with E-state index in [0.29, 0.717) is 31.7 Å². The molecule has 0 saturated carbocycles. The second-order valence-electron chi connectivity index (χ2n) is 13.1. The molecule has 0 bridgehead atoms. The van der Waals surface area contributed by atoms with Gasteiger partial charge in [0.2, 0.25) is 10.0 Å². The molecule has 0 radical (unpaired) electrons. The van der Waals surface area contributed by atoms with Gasteiger partial charge in [0.1, 0.15) is 11.8 Å². The van der Waals surface area contributed by atoms with E-state index >= 15 is 0 Å². The molecule has 3 amide bonds. The predicted molar refractivity (Wildman–Crippen MR) is 172 cm³/mol. The van der Waals surface area contributed by atoms with Crippen molar-refractivity contribution in [1.29, 1.82) is 0 Å². The molecule has 13 nitrogen and oxygen atoms in total. The van der Waals surface area contributed by atoms with Crippen LogP contribution in [0.2, 0.25) is 0 Å². The zero-order valence-electron chi connectivity index (χ0n) is 27.7. The third-order valence-electron chi connectivity index (χ3n) is 8.84. The number of sulfonamides is 1. The quantitative estimate of drug-likeness (QED) is 0.287. The molecule has 260 valence electrons. The largest absolute Gasteiger partial charge is 0.530 e. The van der Waals surface area contributed by atoms with Gasteiger partial charge < -0.3 is 44.3 Å². The number of carbonyl (C=O) groups excluding carboxylic acids is 2. The zero-order valence-corrected chi connectivity index (χ0v) is 28.5. The van der Waals surface area contributed by atoms with Crippen LogP contribution in [0.15, 0.2) is 59.5 Å². The first-order valence-electron chi connectivity index (χ1n) is 15.8. The molecule has 2 aromatic rings. The summed E-state index contributed by atoms with van der Waals surface area (Å²) in [6, 6.07) is 13.1. The van der Waals surface area contributed by atoms with Crippen LogP contribution < -0.4 is 15.2 Å². The monoisotopic (exact) mass is 675 g/mol. The number of ether oxygens (including phenoxy) is 3. The van der Waals surface area contributed by atoms with E-state index in [9.17, 15) is 28.2 Å². The number of hydrogen-bond donors (Lipinski definition) is 2. The molecular formula is C33H47N4O9S-. The lowest BCUT2D eigenvalue weighted by Crippen LogP contribution is -2.61. The zero-order chi connectivity index (χ0) is 34.4. The Kier molecular flexibility index (Phi) is 12.1. The number of fused-ring (bicyclic) bond motifs is 1. The molecule has 2 aliphatic heterocycles. The Balaban J connectivity index is 1.67. The van der Waals surface area contributed by atoms with Gasteiger partial charge in [0.05, 0.1) is 43.4 Å². The van der Waals surface area contributed by atoms with Gasteiger partial charge in [-0.1, -0.05) is 44.2 Å². The van der Waals surface area contributed by atoms with Crippen LogP contribution in [0.4, 0.5) is 9.59 Å². The molecule has 2 aromatic carbocycles. The first kappa shape index (κ1) is 36.4. The van der Waals surface area contributed by atoms with E-state index in [2.05, 4.69) is 5.32 Å². The van der Waals surface area contributed by atoms with E-state index in [1.54, 1.807) is 26.2 Å². The van der Waals surface area contributed by atoms with Crippen molar-refractivity contribution in [2.45, 2.75) is 62.5 Å². The molecule has 0 aromatic heterocycles. The highest BCUT2D eigenvalue weighted by Gasteiger charge is 2.47. The molecule has 2 saturated heterocycles. The molecule has 2 aliphatic rings. The van der Waals surface area contributed by atoms with Crippen molar-refractivity contribution in [1.82, 2.24) is 19.4 Å². The fraction of sp³-hybridized carbons (Fsp3) is 0.576. The topological polar surface area (TPSA) is 161 Å². The van der Waals surface area contributed by atoms with Crippen molar-refractivity contribution in [2.24, 2.45) is 11.3 Å². The summed E-state index contributed by atoms with van der Waals surface area (Å²) in [6.07, 6.45) is -2.35. The Hall–Kier alpha value is -3.43. The number of aliphatic hydroxyl groups is 1. The Labute approximate surface area is 277 Å². The number of carbonyl (C=O) groups is 2. The van der Waals surface area contributed by atoms with Crippen molar-refractivity contribution in [3.63, 3.8) is 0 Å². The summed E-state index contributed by atoms with van der Waals surface area (Å²) < 4.78 is 46.3. The molecule has 47 heavy (non-hydrogen) atoms. The van der Waals surface area contributed by atoms with Gasteiger partial charge in [-0.2, -0.15) is 4.31 Å². The van der Waals surface area contributed by atoms with Crippen LogP contribution in [0.5, 0.6) is 5.75 Å². The summed E-state index contributed by atoms with van der Waals surface area (Å²) in [5, 5.41) is 27.6. The first-order chi connectivity index (χ1) is 22.2. The van der Waals surface area contributed by atoms with Gasteiger partial charge in [0, 0.05) is 39.6 Å². The number of benzene rings is 2. The van der Waals surface area contributed by atoms with E-state index in [1.165, 1.54) is 28.4 Å². The van der Waals surface area contributed by atoms with E-state index in [1.807, 2.05) is 44.2 Å². The highest BCUT2D eigenvalue weighted by molar-refractivity contribution is 7.89. The molecule has 2 N–H and O–H groups in total. The van der Waals surface area contributed by atoms with Gasteiger partial charge >= 0.3 is 6.03 Å². The van der Waals surface area contributed by atoms with Gasteiger partial charge in [0.15, 0.2) is 6.29 Å². The van der Waals surface area contributed by atoms with Crippen molar-refractivity contribution in [3.8, 4) is 5.75 Å². The summed E-state index contributed by atoms with van der Waals surface area (Å²) in [7, 11) is 0.541. The fourth-order valence-electron chi connectivity index (χ4n) is 6.22. The van der Waals surface area contributed by atoms with Crippen LogP contribution in [0.25, 0.3) is 0 Å². The van der Waals surface area contributed by atoms with Gasteiger partial charge in [-0.3, -0.25) is 0 Å². The highest BCUT2D eigenvalue weighted by Crippen LogP contribution is 2.36. The standard InChI is InChI=1S/C33H48N4O9S/c1-33(2,16-17-34-31(39)35(3)4)22-36(47(42,43)25-13-11-24(44-5)12-14-25)20-29(38)27(19-23-9-7-6-8-10-23)37(32(40)41)28-21-46-30-26(28)15-18-45-30/h6-14,26-30,38H,15-22H2,1-5H3,(H,34,39)(H,40,41)/p-1/t26-,27-,28-,29+,30+/m0/s1. The van der Waals surface area contributed by atoms with Gasteiger partial charge in [-0.25, -0.2) is 13.2 Å². The van der Waals surface area contributed by atoms with Gasteiger partial charge in [-0.05, 0) is 54.5 Å². The molecular weight excluding hydrogens is 628 g/mol. The average Bonchev–Trinajstić information content (AvgIpc) is 3.65. The van der Waals surface area contributed by atoms with Crippen LogP contribution >= 0.6 is 0 Å². The summed E-state index contributed by atoms with van der Waals surface area (Å²) in [5.41, 5.74) is 0.109. The average molecular weight is 676 g/mol. The van der Waals surface area contributed by atoms with Crippen molar-refractivity contribution in [2.75, 3.05) is 54.1 Å². The van der Waals surface area contributed by atoms with Crippen molar-refractivity contribution >= 4 is 22.1 Å². The minimum atomic E-state index is -4.20. The number of methoxy groups -OCH3 is 1. The Morgan fingerprint density at radius 1 is 1.11 bits per heavy atom. The minimum absolute atomic E-state index is 0.00582. The summed E-state index contributed by atoms with van der Waals surface area (Å²) in [6.45, 7) is 4.12. The molecule has 14 heteroatoms. The molecule has 2 fully saturated rings. The van der Waals surface area contributed by atoms with Gasteiger partial charge in [0.25, 0.3) is 0 Å². The van der Waals surface area contributed by atoms with Crippen molar-refractivity contribution in [3.05, 3.63) is 60.2 Å². The summed E-state index contributed by atoms with van der Waals surface area (Å²) in [5.74, 6) is 0.238. The molecule has 4 rings (SSSR count). The predicted octanol–water partition coefficient (Wildman–Crippen LogP) is 1.75. The van der Waals surface area contributed by atoms with E-state index in [-0.39, 0.29) is 36.4 Å². The summed E-state index contributed by atoms with van der Waals surface area (Å²) in [4.78, 5) is 27.5. The number of aliphatic hydroxyl groups excluding tert-OH is 1. The lowest BCUT2D eigenvalue weighted by molar-refractivity contribution is -0.273. The van der Waals surface area contributed by atoms with Crippen LogP contribution in [-0.4, -0.2) is 118 Å². The number of nitrogens with one attached hydrogen (secondary N) is 1. The number of hydrogen-bond acceptors (Lipinski definition) is 9. The maximum atomic E-state index is 14.2. The highest BCUT2D eigenvalue weighted by atomic mass is 32.2. The van der Waals surface area contributed by atoms with Gasteiger partial charge in [-0.15, -0.1) is 0 Å². The van der Waals surface area contributed by atoms with Crippen molar-refractivity contribution < 1.29 is 42.4 Å². The van der Waals surface area contributed by atoms with Crippen LogP contribution in [-0.2, 0) is 25.9 Å². The molecule has 0 aliphatic carbocycles. The number of nitrogens with zero attached hydrogens (tertiary/aromatic N) is 3. The van der Waals surface area contributed by atoms with Crippen LogP contribution in [0.3, 0.4) is 0 Å². The molecule has 0 unspecified atom stereocenters. The second-order valence-corrected chi connectivity index (χ2v) is 15.0. The minimum Gasteiger partial charge on any atom is -0.530 e. The number of rotatable bonds is 15. The molecule has 0 spiro atoms. The number of amides is 3. The number of urea groups is 1. The first-order valence-corrected chi connectivity index (χ1v) is 17.2. The normalized spacial score (nSPS) is 20.8.